The first-order valence-corrected chi connectivity index (χ1v) is 4.48. The van der Waals surface area contributed by atoms with E-state index in [1.54, 1.807) is 0 Å². The van der Waals surface area contributed by atoms with E-state index < -0.39 is 0 Å². The summed E-state index contributed by atoms with van der Waals surface area (Å²) in [5.41, 5.74) is 8.38. The first-order chi connectivity index (χ1) is 6.29. The van der Waals surface area contributed by atoms with E-state index in [1.165, 1.54) is 22.3 Å². The fraction of sp³-hybridized carbons (Fsp3) is 0.154. The van der Waals surface area contributed by atoms with Crippen molar-refractivity contribution in [1.29, 1.82) is 0 Å². The third kappa shape index (κ3) is 1.37. The van der Waals surface area contributed by atoms with Gasteiger partial charge in [-0.05, 0) is 48.3 Å². The highest BCUT2D eigenvalue weighted by Crippen LogP contribution is 2.24. The lowest BCUT2D eigenvalue weighted by Crippen LogP contribution is -1.87. The Kier molecular flexibility index (Phi) is 1.92. The largest absolute Gasteiger partial charge is 0.120 e. The number of allylic oxidation sites excluding steroid dienone is 3. The molecule has 13 heavy (non-hydrogen) atoms. The second-order valence-electron chi connectivity index (χ2n) is 3.36. The van der Waals surface area contributed by atoms with Crippen molar-refractivity contribution >= 4 is 11.6 Å². The van der Waals surface area contributed by atoms with Crippen molar-refractivity contribution in [3.05, 3.63) is 52.8 Å². The van der Waals surface area contributed by atoms with Crippen LogP contribution in [0.1, 0.15) is 23.6 Å². The maximum Gasteiger partial charge on any atom is -0.00748 e. The zero-order chi connectivity index (χ0) is 9.26. The Bertz CT molecular complexity index is 427. The summed E-state index contributed by atoms with van der Waals surface area (Å²) in [5, 5.41) is 0. The van der Waals surface area contributed by atoms with E-state index in [2.05, 4.69) is 49.9 Å². The van der Waals surface area contributed by atoms with Crippen LogP contribution >= 0.6 is 0 Å². The highest BCUT2D eigenvalue weighted by molar-refractivity contribution is 5.77. The highest BCUT2D eigenvalue weighted by atomic mass is 14.1. The zero-order valence-corrected chi connectivity index (χ0v) is 7.96. The van der Waals surface area contributed by atoms with Gasteiger partial charge in [0.25, 0.3) is 0 Å². The third-order valence-corrected chi connectivity index (χ3v) is 2.41. The van der Waals surface area contributed by atoms with Gasteiger partial charge in [-0.2, -0.15) is 0 Å². The van der Waals surface area contributed by atoms with Gasteiger partial charge in [0.2, 0.25) is 0 Å². The molecule has 0 radical (unpaired) electrons. The van der Waals surface area contributed by atoms with Crippen LogP contribution in [0.3, 0.4) is 0 Å². The number of fused-ring (bicyclic) bond motifs is 1. The first kappa shape index (κ1) is 8.10. The summed E-state index contributed by atoms with van der Waals surface area (Å²) in [6, 6.07) is 6.39. The molecule has 1 aromatic rings. The van der Waals surface area contributed by atoms with Crippen molar-refractivity contribution in [2.75, 3.05) is 0 Å². The molecule has 0 N–H and O–H groups in total. The van der Waals surface area contributed by atoms with Gasteiger partial charge in [0, 0.05) is 0 Å². The van der Waals surface area contributed by atoms with E-state index >= 15 is 0 Å². The molecule has 0 aromatic heterocycles. The van der Waals surface area contributed by atoms with Crippen molar-refractivity contribution in [3.63, 3.8) is 0 Å². The minimum absolute atomic E-state index is 1.30. The lowest BCUT2D eigenvalue weighted by atomic mass is 9.97. The molecule has 1 aromatic carbocycles. The van der Waals surface area contributed by atoms with Crippen LogP contribution in [0.4, 0.5) is 0 Å². The standard InChI is InChI=1S/C13H12/c1-10-6-3-4-8-12-11(2)7-5-9-13(10)12/h3,5-9H,1-2H3. The SMILES string of the molecule is CC1=CC=C=Cc2c(C)cccc21. The van der Waals surface area contributed by atoms with E-state index in [-0.39, 0.29) is 0 Å². The summed E-state index contributed by atoms with van der Waals surface area (Å²) in [5.74, 6) is 0. The van der Waals surface area contributed by atoms with Gasteiger partial charge in [0.1, 0.15) is 0 Å². The second-order valence-corrected chi connectivity index (χ2v) is 3.36. The van der Waals surface area contributed by atoms with Crippen LogP contribution in [0.25, 0.3) is 11.6 Å². The van der Waals surface area contributed by atoms with Crippen LogP contribution in [-0.4, -0.2) is 0 Å². The minimum Gasteiger partial charge on any atom is -0.120 e. The van der Waals surface area contributed by atoms with E-state index in [0.717, 1.165) is 0 Å². The fourth-order valence-corrected chi connectivity index (χ4v) is 1.61. The van der Waals surface area contributed by atoms with Crippen molar-refractivity contribution in [2.45, 2.75) is 13.8 Å². The Hall–Kier alpha value is -1.52. The van der Waals surface area contributed by atoms with E-state index in [9.17, 15) is 0 Å². The van der Waals surface area contributed by atoms with Gasteiger partial charge in [-0.25, -0.2) is 0 Å². The molecule has 0 fully saturated rings. The Balaban J connectivity index is 2.76. The third-order valence-electron chi connectivity index (χ3n) is 2.41. The smallest absolute Gasteiger partial charge is 0.00748 e. The average molecular weight is 168 g/mol. The molecule has 0 nitrogen and oxygen atoms in total. The molecule has 0 saturated carbocycles. The molecule has 64 valence electrons. The molecule has 0 spiro atoms. The van der Waals surface area contributed by atoms with Gasteiger partial charge in [-0.15, -0.1) is 5.73 Å². The summed E-state index contributed by atoms with van der Waals surface area (Å²) < 4.78 is 0. The molecular weight excluding hydrogens is 156 g/mol. The Labute approximate surface area is 78.9 Å². The molecule has 1 aliphatic carbocycles. The van der Waals surface area contributed by atoms with Gasteiger partial charge < -0.3 is 0 Å². The van der Waals surface area contributed by atoms with Crippen LogP contribution in [0.2, 0.25) is 0 Å². The molecule has 0 amide bonds. The van der Waals surface area contributed by atoms with E-state index in [0.29, 0.717) is 0 Å². The molecule has 0 atom stereocenters. The molecule has 2 rings (SSSR count). The maximum absolute atomic E-state index is 3.15. The van der Waals surface area contributed by atoms with Crippen molar-refractivity contribution in [3.8, 4) is 0 Å². The summed E-state index contributed by atoms with van der Waals surface area (Å²) in [4.78, 5) is 0. The van der Waals surface area contributed by atoms with Crippen LogP contribution in [0, 0.1) is 6.92 Å². The highest BCUT2D eigenvalue weighted by Gasteiger charge is 2.04. The zero-order valence-electron chi connectivity index (χ0n) is 7.96. The maximum atomic E-state index is 3.15. The molecule has 0 heteroatoms. The predicted molar refractivity (Wildman–Crippen MR) is 57.4 cm³/mol. The van der Waals surface area contributed by atoms with Crippen molar-refractivity contribution in [1.82, 2.24) is 0 Å². The van der Waals surface area contributed by atoms with E-state index in [1.807, 2.05) is 6.08 Å². The van der Waals surface area contributed by atoms with Crippen molar-refractivity contribution < 1.29 is 0 Å². The molecule has 0 heterocycles. The molecule has 1 aliphatic rings. The van der Waals surface area contributed by atoms with Gasteiger partial charge in [-0.1, -0.05) is 24.3 Å². The molecule has 0 unspecified atom stereocenters. The Morgan fingerprint density at radius 3 is 2.85 bits per heavy atom. The molecule has 0 saturated heterocycles. The number of hydrogen-bond acceptors (Lipinski definition) is 0. The Morgan fingerprint density at radius 2 is 2.00 bits per heavy atom. The first-order valence-electron chi connectivity index (χ1n) is 4.48. The summed E-state index contributed by atoms with van der Waals surface area (Å²) >= 11 is 0. The van der Waals surface area contributed by atoms with Gasteiger partial charge in [0.15, 0.2) is 0 Å². The quantitative estimate of drug-likeness (QED) is 0.519. The van der Waals surface area contributed by atoms with Crippen LogP contribution < -0.4 is 0 Å². The van der Waals surface area contributed by atoms with E-state index in [4.69, 9.17) is 0 Å². The number of benzene rings is 1. The number of aryl methyl sites for hydroxylation is 1. The van der Waals surface area contributed by atoms with Crippen molar-refractivity contribution in [2.24, 2.45) is 0 Å². The lowest BCUT2D eigenvalue weighted by molar-refractivity contribution is 1.41. The fourth-order valence-electron chi connectivity index (χ4n) is 1.61. The molecule has 0 aliphatic heterocycles. The lowest BCUT2D eigenvalue weighted by Gasteiger charge is -2.07. The normalized spacial score (nSPS) is 13.5. The number of hydrogen-bond donors (Lipinski definition) is 0. The monoisotopic (exact) mass is 168 g/mol. The average Bonchev–Trinajstić information content (AvgIpc) is 2.30. The molecular formula is C13H12. The second kappa shape index (κ2) is 3.08. The summed E-state index contributed by atoms with van der Waals surface area (Å²) in [6.07, 6.45) is 6.12. The topological polar surface area (TPSA) is 0 Å². The number of rotatable bonds is 0. The summed E-state index contributed by atoms with van der Waals surface area (Å²) in [6.45, 7) is 4.27. The van der Waals surface area contributed by atoms with Crippen LogP contribution in [0.15, 0.2) is 36.1 Å². The van der Waals surface area contributed by atoms with Gasteiger partial charge in [-0.3, -0.25) is 0 Å². The van der Waals surface area contributed by atoms with Crippen LogP contribution in [-0.2, 0) is 0 Å². The minimum atomic E-state index is 1.30. The van der Waals surface area contributed by atoms with Crippen LogP contribution in [0.5, 0.6) is 0 Å². The van der Waals surface area contributed by atoms with Gasteiger partial charge >= 0.3 is 0 Å². The van der Waals surface area contributed by atoms with Gasteiger partial charge in [0.05, 0.1) is 0 Å². The Morgan fingerprint density at radius 1 is 1.15 bits per heavy atom. The molecule has 0 bridgehead atoms. The predicted octanol–water partition coefficient (Wildman–Crippen LogP) is 3.58. The summed E-state index contributed by atoms with van der Waals surface area (Å²) in [7, 11) is 0.